The molecule has 1 heterocycles. The van der Waals surface area contributed by atoms with Crippen LogP contribution in [-0.2, 0) is 16.1 Å². The first-order valence-corrected chi connectivity index (χ1v) is 7.49. The summed E-state index contributed by atoms with van der Waals surface area (Å²) < 4.78 is 5.38. The van der Waals surface area contributed by atoms with Crippen LogP contribution in [-0.4, -0.2) is 16.8 Å². The number of hydrogen-bond donors (Lipinski definition) is 0. The van der Waals surface area contributed by atoms with Gasteiger partial charge in [0.2, 0.25) is 0 Å². The highest BCUT2D eigenvalue weighted by atomic mass is 16.6. The summed E-state index contributed by atoms with van der Waals surface area (Å²) in [5, 5.41) is 0. The molecule has 1 aliphatic rings. The van der Waals surface area contributed by atoms with Crippen molar-refractivity contribution in [3.8, 4) is 0 Å². The van der Waals surface area contributed by atoms with Gasteiger partial charge in [-0.1, -0.05) is 60.7 Å². The maximum Gasteiger partial charge on any atom is 0.414 e. The Kier molecular flexibility index (Phi) is 4.52. The van der Waals surface area contributed by atoms with Crippen molar-refractivity contribution in [3.63, 3.8) is 0 Å². The van der Waals surface area contributed by atoms with Gasteiger partial charge in [0.1, 0.15) is 6.61 Å². The van der Waals surface area contributed by atoms with Crippen LogP contribution in [0.5, 0.6) is 0 Å². The largest absolute Gasteiger partial charge is 0.444 e. The van der Waals surface area contributed by atoms with Crippen LogP contribution in [0.15, 0.2) is 72.9 Å². The molecule has 0 fully saturated rings. The molecular weight excluding hydrogens is 290 g/mol. The van der Waals surface area contributed by atoms with Gasteiger partial charge in [-0.25, -0.2) is 4.79 Å². The number of allylic oxidation sites excluding steroid dienone is 1. The normalized spacial score (nSPS) is 17.1. The zero-order valence-corrected chi connectivity index (χ0v) is 12.6. The average Bonchev–Trinajstić information content (AvgIpc) is 2.61. The standard InChI is InChI=1S/C19H17NO3/c21-17-11-12-20(18(13-17)16-9-5-2-6-10-16)19(22)23-14-15-7-3-1-4-8-15/h1-12,18H,13-14H2. The second-order valence-corrected chi connectivity index (χ2v) is 5.36. The number of hydrogen-bond acceptors (Lipinski definition) is 3. The maximum absolute atomic E-state index is 12.4. The van der Waals surface area contributed by atoms with Crippen LogP contribution in [0, 0.1) is 0 Å². The number of ketones is 1. The predicted molar refractivity (Wildman–Crippen MR) is 86.4 cm³/mol. The van der Waals surface area contributed by atoms with Gasteiger partial charge < -0.3 is 4.74 Å². The minimum atomic E-state index is -0.452. The van der Waals surface area contributed by atoms with E-state index in [2.05, 4.69) is 0 Å². The molecule has 3 rings (SSSR count). The lowest BCUT2D eigenvalue weighted by atomic mass is 9.98. The molecule has 0 saturated carbocycles. The molecule has 23 heavy (non-hydrogen) atoms. The molecule has 0 N–H and O–H groups in total. The van der Waals surface area contributed by atoms with Crippen LogP contribution < -0.4 is 0 Å². The smallest absolute Gasteiger partial charge is 0.414 e. The molecule has 116 valence electrons. The molecule has 1 atom stereocenters. The van der Waals surface area contributed by atoms with E-state index in [1.165, 1.54) is 17.2 Å². The van der Waals surface area contributed by atoms with Crippen molar-refractivity contribution < 1.29 is 14.3 Å². The average molecular weight is 307 g/mol. The molecule has 0 aliphatic carbocycles. The molecular formula is C19H17NO3. The van der Waals surface area contributed by atoms with Gasteiger partial charge in [-0.2, -0.15) is 0 Å². The lowest BCUT2D eigenvalue weighted by Gasteiger charge is -2.30. The summed E-state index contributed by atoms with van der Waals surface area (Å²) >= 11 is 0. The van der Waals surface area contributed by atoms with Gasteiger partial charge in [-0.05, 0) is 17.2 Å². The van der Waals surface area contributed by atoms with Crippen LogP contribution in [0.4, 0.5) is 4.79 Å². The molecule has 1 amide bonds. The highest BCUT2D eigenvalue weighted by molar-refractivity contribution is 5.92. The number of carbonyl (C=O) groups excluding carboxylic acids is 2. The van der Waals surface area contributed by atoms with Crippen LogP contribution in [0.2, 0.25) is 0 Å². The molecule has 1 aliphatic heterocycles. The number of benzene rings is 2. The van der Waals surface area contributed by atoms with Crippen molar-refractivity contribution in [2.75, 3.05) is 0 Å². The number of nitrogens with zero attached hydrogens (tertiary/aromatic N) is 1. The Morgan fingerprint density at radius 2 is 1.70 bits per heavy atom. The van der Waals surface area contributed by atoms with Gasteiger partial charge in [0.05, 0.1) is 6.04 Å². The Hall–Kier alpha value is -2.88. The van der Waals surface area contributed by atoms with Crippen molar-refractivity contribution in [3.05, 3.63) is 84.1 Å². The molecule has 0 saturated heterocycles. The highest BCUT2D eigenvalue weighted by Gasteiger charge is 2.29. The fraction of sp³-hybridized carbons (Fsp3) is 0.158. The topological polar surface area (TPSA) is 46.6 Å². The molecule has 4 nitrogen and oxygen atoms in total. The lowest BCUT2D eigenvalue weighted by Crippen LogP contribution is -2.34. The zero-order chi connectivity index (χ0) is 16.1. The molecule has 0 radical (unpaired) electrons. The van der Waals surface area contributed by atoms with E-state index in [0.29, 0.717) is 0 Å². The van der Waals surface area contributed by atoms with Gasteiger partial charge >= 0.3 is 6.09 Å². The van der Waals surface area contributed by atoms with Crippen LogP contribution >= 0.6 is 0 Å². The Labute approximate surface area is 135 Å². The van der Waals surface area contributed by atoms with E-state index in [0.717, 1.165) is 11.1 Å². The van der Waals surface area contributed by atoms with Gasteiger partial charge in [0.25, 0.3) is 0 Å². The minimum absolute atomic E-state index is 0.00552. The van der Waals surface area contributed by atoms with E-state index in [4.69, 9.17) is 4.74 Å². The summed E-state index contributed by atoms with van der Waals surface area (Å²) in [7, 11) is 0. The van der Waals surface area contributed by atoms with E-state index < -0.39 is 6.09 Å². The molecule has 1 unspecified atom stereocenters. The Morgan fingerprint density at radius 3 is 2.39 bits per heavy atom. The Morgan fingerprint density at radius 1 is 1.04 bits per heavy atom. The summed E-state index contributed by atoms with van der Waals surface area (Å²) in [6, 6.07) is 18.7. The fourth-order valence-corrected chi connectivity index (χ4v) is 2.56. The van der Waals surface area contributed by atoms with E-state index in [-0.39, 0.29) is 24.9 Å². The van der Waals surface area contributed by atoms with E-state index >= 15 is 0 Å². The van der Waals surface area contributed by atoms with Crippen LogP contribution in [0.3, 0.4) is 0 Å². The van der Waals surface area contributed by atoms with Gasteiger partial charge in [-0.15, -0.1) is 0 Å². The quantitative estimate of drug-likeness (QED) is 0.865. The lowest BCUT2D eigenvalue weighted by molar-refractivity contribution is -0.116. The number of rotatable bonds is 3. The van der Waals surface area contributed by atoms with E-state index in [1.54, 1.807) is 0 Å². The molecule has 0 bridgehead atoms. The summed E-state index contributed by atoms with van der Waals surface area (Å²) in [5.41, 5.74) is 1.84. The molecule has 0 aromatic heterocycles. The Balaban J connectivity index is 1.74. The van der Waals surface area contributed by atoms with E-state index in [1.807, 2.05) is 60.7 Å². The SMILES string of the molecule is O=C1C=CN(C(=O)OCc2ccccc2)C(c2ccccc2)C1. The van der Waals surface area contributed by atoms with Gasteiger partial charge in [-0.3, -0.25) is 9.69 Å². The summed E-state index contributed by atoms with van der Waals surface area (Å²) in [4.78, 5) is 25.6. The molecule has 2 aromatic rings. The van der Waals surface area contributed by atoms with Crippen LogP contribution in [0.25, 0.3) is 0 Å². The molecule has 2 aromatic carbocycles. The first-order valence-electron chi connectivity index (χ1n) is 7.49. The zero-order valence-electron chi connectivity index (χ0n) is 12.6. The van der Waals surface area contributed by atoms with Gasteiger partial charge in [0, 0.05) is 12.6 Å². The predicted octanol–water partition coefficient (Wildman–Crippen LogP) is 3.85. The first-order chi connectivity index (χ1) is 11.2. The summed E-state index contributed by atoms with van der Waals surface area (Å²) in [6.45, 7) is 0.208. The number of amides is 1. The second-order valence-electron chi connectivity index (χ2n) is 5.36. The van der Waals surface area contributed by atoms with Crippen molar-refractivity contribution in [2.45, 2.75) is 19.1 Å². The molecule has 4 heteroatoms. The van der Waals surface area contributed by atoms with Crippen molar-refractivity contribution >= 4 is 11.9 Å². The molecule has 0 spiro atoms. The Bertz CT molecular complexity index is 710. The summed E-state index contributed by atoms with van der Waals surface area (Å²) in [6.07, 6.45) is 2.74. The monoisotopic (exact) mass is 307 g/mol. The minimum Gasteiger partial charge on any atom is -0.444 e. The second kappa shape index (κ2) is 6.92. The maximum atomic E-state index is 12.4. The third kappa shape index (κ3) is 3.66. The third-order valence-electron chi connectivity index (χ3n) is 3.75. The van der Waals surface area contributed by atoms with Crippen LogP contribution in [0.1, 0.15) is 23.6 Å². The summed E-state index contributed by atoms with van der Waals surface area (Å²) in [5.74, 6) is 0.00552. The third-order valence-corrected chi connectivity index (χ3v) is 3.75. The van der Waals surface area contributed by atoms with Crippen molar-refractivity contribution in [2.24, 2.45) is 0 Å². The van der Waals surface area contributed by atoms with E-state index in [9.17, 15) is 9.59 Å². The number of carbonyl (C=O) groups is 2. The number of ether oxygens (including phenoxy) is 1. The van der Waals surface area contributed by atoms with Crippen molar-refractivity contribution in [1.29, 1.82) is 0 Å². The highest BCUT2D eigenvalue weighted by Crippen LogP contribution is 2.29. The fourth-order valence-electron chi connectivity index (χ4n) is 2.56. The van der Waals surface area contributed by atoms with Gasteiger partial charge in [0.15, 0.2) is 5.78 Å². The first kappa shape index (κ1) is 15.0. The van der Waals surface area contributed by atoms with Crippen molar-refractivity contribution in [1.82, 2.24) is 4.90 Å².